The first-order valence-electron chi connectivity index (χ1n) is 10.2. The summed E-state index contributed by atoms with van der Waals surface area (Å²) in [6.07, 6.45) is 1.59. The minimum Gasteiger partial charge on any atom is -0.321 e. The van der Waals surface area contributed by atoms with E-state index >= 15 is 0 Å². The molecule has 0 bridgehead atoms. The van der Waals surface area contributed by atoms with Gasteiger partial charge in [-0.25, -0.2) is 0 Å². The van der Waals surface area contributed by atoms with Gasteiger partial charge < -0.3 is 10.2 Å². The first-order valence-corrected chi connectivity index (χ1v) is 10.2. The molecule has 0 fully saturated rings. The van der Waals surface area contributed by atoms with E-state index in [0.29, 0.717) is 5.69 Å². The van der Waals surface area contributed by atoms with Crippen LogP contribution in [0, 0.1) is 11.3 Å². The van der Waals surface area contributed by atoms with E-state index in [9.17, 15) is 10.1 Å². The Bertz CT molecular complexity index is 1200. The van der Waals surface area contributed by atoms with Crippen LogP contribution in [-0.4, -0.2) is 5.91 Å². The molecule has 0 heterocycles. The third-order valence-corrected chi connectivity index (χ3v) is 4.89. The topological polar surface area (TPSA) is 56.1 Å². The van der Waals surface area contributed by atoms with Gasteiger partial charge in [-0.15, -0.1) is 0 Å². The Hall–Kier alpha value is -4.62. The molecule has 0 aliphatic carbocycles. The molecular formula is C28H21N3O. The van der Waals surface area contributed by atoms with Gasteiger partial charge in [0, 0.05) is 22.7 Å². The van der Waals surface area contributed by atoms with Gasteiger partial charge >= 0.3 is 0 Å². The zero-order valence-corrected chi connectivity index (χ0v) is 17.3. The van der Waals surface area contributed by atoms with Gasteiger partial charge in [-0.3, -0.25) is 4.79 Å². The monoisotopic (exact) mass is 415 g/mol. The molecule has 0 saturated carbocycles. The van der Waals surface area contributed by atoms with Crippen molar-refractivity contribution in [3.05, 3.63) is 126 Å². The van der Waals surface area contributed by atoms with E-state index in [1.165, 1.54) is 0 Å². The van der Waals surface area contributed by atoms with Crippen LogP contribution in [0.25, 0.3) is 6.08 Å². The molecule has 4 nitrogen and oxygen atoms in total. The summed E-state index contributed by atoms with van der Waals surface area (Å²) < 4.78 is 0. The average molecular weight is 415 g/mol. The third-order valence-electron chi connectivity index (χ3n) is 4.89. The van der Waals surface area contributed by atoms with E-state index in [0.717, 1.165) is 22.6 Å². The summed E-state index contributed by atoms with van der Waals surface area (Å²) >= 11 is 0. The second-order valence-electron chi connectivity index (χ2n) is 7.09. The zero-order valence-electron chi connectivity index (χ0n) is 17.3. The summed E-state index contributed by atoms with van der Waals surface area (Å²) in [7, 11) is 0. The number of nitrogens with zero attached hydrogens (tertiary/aromatic N) is 2. The molecule has 4 aromatic rings. The molecule has 1 amide bonds. The number of para-hydroxylation sites is 3. The molecule has 0 aliphatic rings. The third kappa shape index (κ3) is 4.92. The van der Waals surface area contributed by atoms with Crippen molar-refractivity contribution in [2.45, 2.75) is 0 Å². The van der Waals surface area contributed by atoms with Crippen LogP contribution >= 0.6 is 0 Å². The van der Waals surface area contributed by atoms with Gasteiger partial charge in [0.15, 0.2) is 0 Å². The Balaban J connectivity index is 1.61. The Labute approximate surface area is 187 Å². The largest absolute Gasteiger partial charge is 0.321 e. The lowest BCUT2D eigenvalue weighted by Crippen LogP contribution is -2.13. The average Bonchev–Trinajstić information content (AvgIpc) is 2.85. The lowest BCUT2D eigenvalue weighted by atomic mass is 10.1. The van der Waals surface area contributed by atoms with E-state index in [1.54, 1.807) is 18.2 Å². The van der Waals surface area contributed by atoms with Crippen LogP contribution in [-0.2, 0) is 4.79 Å². The predicted octanol–water partition coefficient (Wildman–Crippen LogP) is 6.70. The second kappa shape index (κ2) is 9.92. The van der Waals surface area contributed by atoms with Gasteiger partial charge in [-0.1, -0.05) is 66.7 Å². The van der Waals surface area contributed by atoms with Crippen LogP contribution in [0.2, 0.25) is 0 Å². The Morgan fingerprint density at radius 1 is 0.688 bits per heavy atom. The number of hydrogen-bond donors (Lipinski definition) is 1. The number of carbonyl (C=O) groups is 1. The number of rotatable bonds is 6. The molecule has 0 aromatic heterocycles. The van der Waals surface area contributed by atoms with E-state index in [2.05, 4.69) is 34.5 Å². The van der Waals surface area contributed by atoms with Crippen LogP contribution in [0.1, 0.15) is 5.56 Å². The fourth-order valence-corrected chi connectivity index (χ4v) is 3.36. The van der Waals surface area contributed by atoms with E-state index in [-0.39, 0.29) is 5.57 Å². The highest BCUT2D eigenvalue weighted by Gasteiger charge is 2.12. The summed E-state index contributed by atoms with van der Waals surface area (Å²) in [4.78, 5) is 14.6. The Kier molecular flexibility index (Phi) is 6.40. The smallest absolute Gasteiger partial charge is 0.266 e. The SMILES string of the molecule is N#C/C(=C\c1ccc(N(c2ccccc2)c2ccccc2)cc1)C(=O)Nc1ccccc1. The highest BCUT2D eigenvalue weighted by Crippen LogP contribution is 2.34. The van der Waals surface area contributed by atoms with Crippen molar-refractivity contribution in [2.75, 3.05) is 10.2 Å². The maximum atomic E-state index is 12.5. The molecule has 4 rings (SSSR count). The van der Waals surface area contributed by atoms with Crippen molar-refractivity contribution >= 4 is 34.7 Å². The Morgan fingerprint density at radius 3 is 1.66 bits per heavy atom. The zero-order chi connectivity index (χ0) is 22.2. The Morgan fingerprint density at radius 2 is 1.16 bits per heavy atom. The molecule has 4 heteroatoms. The summed E-state index contributed by atoms with van der Waals surface area (Å²) in [6.45, 7) is 0. The van der Waals surface area contributed by atoms with Crippen molar-refractivity contribution in [1.29, 1.82) is 5.26 Å². The number of nitrogens with one attached hydrogen (secondary N) is 1. The highest BCUT2D eigenvalue weighted by atomic mass is 16.1. The molecule has 0 aliphatic heterocycles. The van der Waals surface area contributed by atoms with Gasteiger partial charge in [0.1, 0.15) is 11.6 Å². The number of nitriles is 1. The maximum Gasteiger partial charge on any atom is 0.266 e. The first kappa shape index (κ1) is 20.6. The quantitative estimate of drug-likeness (QED) is 0.281. The van der Waals surface area contributed by atoms with Crippen molar-refractivity contribution in [1.82, 2.24) is 0 Å². The van der Waals surface area contributed by atoms with Gasteiger partial charge in [-0.2, -0.15) is 5.26 Å². The number of hydrogen-bond acceptors (Lipinski definition) is 3. The van der Waals surface area contributed by atoms with Crippen molar-refractivity contribution < 1.29 is 4.79 Å². The molecule has 0 unspecified atom stereocenters. The standard InChI is InChI=1S/C28H21N3O/c29-21-23(28(32)30-24-10-4-1-5-11-24)20-22-16-18-27(19-17-22)31(25-12-6-2-7-13-25)26-14-8-3-9-15-26/h1-20H,(H,30,32)/b23-20+. The van der Waals surface area contributed by atoms with Gasteiger partial charge in [0.05, 0.1) is 0 Å². The number of benzene rings is 4. The van der Waals surface area contributed by atoms with Crippen LogP contribution in [0.4, 0.5) is 22.7 Å². The molecule has 4 aromatic carbocycles. The maximum absolute atomic E-state index is 12.5. The van der Waals surface area contributed by atoms with E-state index in [4.69, 9.17) is 0 Å². The lowest BCUT2D eigenvalue weighted by molar-refractivity contribution is -0.112. The molecule has 0 atom stereocenters. The van der Waals surface area contributed by atoms with Crippen molar-refractivity contribution in [2.24, 2.45) is 0 Å². The minimum atomic E-state index is -0.432. The predicted molar refractivity (Wildman–Crippen MR) is 130 cm³/mol. The van der Waals surface area contributed by atoms with Crippen LogP contribution in [0.3, 0.4) is 0 Å². The number of carbonyl (C=O) groups excluding carboxylic acids is 1. The van der Waals surface area contributed by atoms with Crippen molar-refractivity contribution in [3.63, 3.8) is 0 Å². The van der Waals surface area contributed by atoms with Crippen LogP contribution in [0.15, 0.2) is 121 Å². The molecule has 32 heavy (non-hydrogen) atoms. The second-order valence-corrected chi connectivity index (χ2v) is 7.09. The minimum absolute atomic E-state index is 0.0459. The first-order chi connectivity index (χ1) is 15.7. The number of amides is 1. The highest BCUT2D eigenvalue weighted by molar-refractivity contribution is 6.09. The molecular weight excluding hydrogens is 394 g/mol. The summed E-state index contributed by atoms with van der Waals surface area (Å²) in [5.41, 5.74) is 4.53. The summed E-state index contributed by atoms with van der Waals surface area (Å²) in [5, 5.41) is 12.2. The molecule has 0 spiro atoms. The van der Waals surface area contributed by atoms with E-state index < -0.39 is 5.91 Å². The van der Waals surface area contributed by atoms with Gasteiger partial charge in [0.2, 0.25) is 0 Å². The fourth-order valence-electron chi connectivity index (χ4n) is 3.36. The van der Waals surface area contributed by atoms with E-state index in [1.807, 2.05) is 84.9 Å². The van der Waals surface area contributed by atoms with Crippen LogP contribution < -0.4 is 10.2 Å². The molecule has 0 radical (unpaired) electrons. The summed E-state index contributed by atoms with van der Waals surface area (Å²) in [6, 6.07) is 39.1. The molecule has 154 valence electrons. The van der Waals surface area contributed by atoms with Gasteiger partial charge in [0.25, 0.3) is 5.91 Å². The summed E-state index contributed by atoms with van der Waals surface area (Å²) in [5.74, 6) is -0.432. The molecule has 0 saturated heterocycles. The van der Waals surface area contributed by atoms with Crippen molar-refractivity contribution in [3.8, 4) is 6.07 Å². The van der Waals surface area contributed by atoms with Gasteiger partial charge in [-0.05, 0) is 60.2 Å². The normalized spacial score (nSPS) is 10.8. The fraction of sp³-hybridized carbons (Fsp3) is 0. The van der Waals surface area contributed by atoms with Crippen LogP contribution in [0.5, 0.6) is 0 Å². The number of anilines is 4. The molecule has 1 N–H and O–H groups in total. The lowest BCUT2D eigenvalue weighted by Gasteiger charge is -2.25.